The van der Waals surface area contributed by atoms with E-state index in [-0.39, 0.29) is 12.2 Å². The molecule has 1 saturated carbocycles. The molecule has 1 aliphatic carbocycles. The summed E-state index contributed by atoms with van der Waals surface area (Å²) in [6, 6.07) is 7.52. The molecule has 4 nitrogen and oxygen atoms in total. The molecule has 20 heavy (non-hydrogen) atoms. The largest absolute Gasteiger partial charge is 0.446 e. The van der Waals surface area contributed by atoms with E-state index in [1.165, 1.54) is 6.42 Å². The number of carbonyl (C=O) groups is 1. The van der Waals surface area contributed by atoms with Gasteiger partial charge in [-0.25, -0.2) is 4.79 Å². The Morgan fingerprint density at radius 3 is 2.65 bits per heavy atom. The predicted octanol–water partition coefficient (Wildman–Crippen LogP) is 3.52. The van der Waals surface area contributed by atoms with Crippen molar-refractivity contribution in [3.05, 3.63) is 29.8 Å². The Morgan fingerprint density at radius 1 is 1.30 bits per heavy atom. The van der Waals surface area contributed by atoms with E-state index in [2.05, 4.69) is 19.2 Å². The van der Waals surface area contributed by atoms with E-state index in [4.69, 9.17) is 10.5 Å². The highest BCUT2D eigenvalue weighted by molar-refractivity contribution is 5.84. The summed E-state index contributed by atoms with van der Waals surface area (Å²) in [6.07, 6.45) is 2.80. The minimum Gasteiger partial charge on any atom is -0.446 e. The number of ether oxygens (including phenoxy) is 1. The van der Waals surface area contributed by atoms with E-state index < -0.39 is 0 Å². The van der Waals surface area contributed by atoms with Crippen molar-refractivity contribution in [1.29, 1.82) is 0 Å². The van der Waals surface area contributed by atoms with Crippen LogP contribution in [-0.4, -0.2) is 12.2 Å². The van der Waals surface area contributed by atoms with Gasteiger partial charge in [0.2, 0.25) is 0 Å². The molecule has 1 aromatic rings. The van der Waals surface area contributed by atoms with Crippen LogP contribution in [0.3, 0.4) is 0 Å². The normalized spacial score (nSPS) is 26.1. The third kappa shape index (κ3) is 4.23. The van der Waals surface area contributed by atoms with Crippen LogP contribution in [0.5, 0.6) is 0 Å². The SMILES string of the molecule is CC1CC(C)CC(OC(=O)Nc2cccc(CN)c2)C1. The summed E-state index contributed by atoms with van der Waals surface area (Å²) in [4.78, 5) is 11.9. The Bertz CT molecular complexity index is 452. The number of carbonyl (C=O) groups excluding carboxylic acids is 1. The van der Waals surface area contributed by atoms with Crippen LogP contribution in [0, 0.1) is 11.8 Å². The van der Waals surface area contributed by atoms with Crippen LogP contribution in [0.2, 0.25) is 0 Å². The van der Waals surface area contributed by atoms with Gasteiger partial charge in [0.1, 0.15) is 6.10 Å². The maximum Gasteiger partial charge on any atom is 0.411 e. The topological polar surface area (TPSA) is 64.3 Å². The highest BCUT2D eigenvalue weighted by Gasteiger charge is 2.26. The molecule has 1 fully saturated rings. The summed E-state index contributed by atoms with van der Waals surface area (Å²) in [6.45, 7) is 4.89. The van der Waals surface area contributed by atoms with Crippen LogP contribution >= 0.6 is 0 Å². The number of anilines is 1. The average Bonchev–Trinajstić information content (AvgIpc) is 2.37. The molecule has 0 bridgehead atoms. The molecule has 0 heterocycles. The second-order valence-corrected chi connectivity index (χ2v) is 5.97. The number of hydrogen-bond donors (Lipinski definition) is 2. The molecule has 0 saturated heterocycles. The Balaban J connectivity index is 1.88. The van der Waals surface area contributed by atoms with Crippen LogP contribution in [0.4, 0.5) is 10.5 Å². The molecular formula is C16H24N2O2. The molecule has 4 heteroatoms. The molecule has 0 spiro atoms. The summed E-state index contributed by atoms with van der Waals surface area (Å²) in [5.74, 6) is 1.24. The van der Waals surface area contributed by atoms with Crippen molar-refractivity contribution >= 4 is 11.8 Å². The maximum atomic E-state index is 11.9. The summed E-state index contributed by atoms with van der Waals surface area (Å²) in [7, 11) is 0. The van der Waals surface area contributed by atoms with Crippen molar-refractivity contribution in [2.24, 2.45) is 17.6 Å². The molecule has 2 atom stereocenters. The van der Waals surface area contributed by atoms with Gasteiger partial charge in [0, 0.05) is 12.2 Å². The predicted molar refractivity (Wildman–Crippen MR) is 80.4 cm³/mol. The van der Waals surface area contributed by atoms with Gasteiger partial charge in [-0.2, -0.15) is 0 Å². The molecule has 3 N–H and O–H groups in total. The zero-order chi connectivity index (χ0) is 14.5. The minimum absolute atomic E-state index is 0.0337. The van der Waals surface area contributed by atoms with Crippen molar-refractivity contribution in [1.82, 2.24) is 0 Å². The molecule has 2 rings (SSSR count). The fourth-order valence-corrected chi connectivity index (χ4v) is 3.04. The molecule has 0 aromatic heterocycles. The standard InChI is InChI=1S/C16H24N2O2/c1-11-6-12(2)8-15(7-11)20-16(19)18-14-5-3-4-13(9-14)10-17/h3-5,9,11-12,15H,6-8,10,17H2,1-2H3,(H,18,19). The van der Waals surface area contributed by atoms with Gasteiger partial charge in [0.15, 0.2) is 0 Å². The van der Waals surface area contributed by atoms with Crippen molar-refractivity contribution in [3.8, 4) is 0 Å². The van der Waals surface area contributed by atoms with Gasteiger partial charge < -0.3 is 10.5 Å². The van der Waals surface area contributed by atoms with E-state index in [1.807, 2.05) is 24.3 Å². The first-order valence-corrected chi connectivity index (χ1v) is 7.33. The van der Waals surface area contributed by atoms with Gasteiger partial charge in [-0.05, 0) is 48.8 Å². The van der Waals surface area contributed by atoms with Crippen molar-refractivity contribution < 1.29 is 9.53 Å². The Hall–Kier alpha value is -1.55. The van der Waals surface area contributed by atoms with Crippen molar-refractivity contribution in [3.63, 3.8) is 0 Å². The smallest absolute Gasteiger partial charge is 0.411 e. The summed E-state index contributed by atoms with van der Waals surface area (Å²) in [5.41, 5.74) is 7.31. The zero-order valence-corrected chi connectivity index (χ0v) is 12.3. The number of hydrogen-bond acceptors (Lipinski definition) is 3. The Morgan fingerprint density at radius 2 is 2.00 bits per heavy atom. The molecular weight excluding hydrogens is 252 g/mol. The highest BCUT2D eigenvalue weighted by Crippen LogP contribution is 2.30. The first kappa shape index (κ1) is 14.9. The van der Waals surface area contributed by atoms with Gasteiger partial charge in [0.25, 0.3) is 0 Å². The number of nitrogens with two attached hydrogens (primary N) is 1. The number of benzene rings is 1. The molecule has 0 radical (unpaired) electrons. The van der Waals surface area contributed by atoms with Crippen molar-refractivity contribution in [2.45, 2.75) is 45.8 Å². The molecule has 0 aliphatic heterocycles. The molecule has 1 aliphatic rings. The van der Waals surface area contributed by atoms with Gasteiger partial charge in [-0.1, -0.05) is 26.0 Å². The first-order chi connectivity index (χ1) is 9.56. The lowest BCUT2D eigenvalue weighted by Crippen LogP contribution is -2.30. The zero-order valence-electron chi connectivity index (χ0n) is 12.3. The third-order valence-corrected chi connectivity index (χ3v) is 3.82. The van der Waals surface area contributed by atoms with E-state index in [0.717, 1.165) is 24.1 Å². The third-order valence-electron chi connectivity index (χ3n) is 3.82. The lowest BCUT2D eigenvalue weighted by atomic mass is 9.82. The number of nitrogens with one attached hydrogen (secondary N) is 1. The van der Waals surface area contributed by atoms with E-state index in [1.54, 1.807) is 0 Å². The van der Waals surface area contributed by atoms with Gasteiger partial charge in [-0.15, -0.1) is 0 Å². The van der Waals surface area contributed by atoms with Crippen LogP contribution in [0.25, 0.3) is 0 Å². The Labute approximate surface area is 120 Å². The maximum absolute atomic E-state index is 11.9. The average molecular weight is 276 g/mol. The van der Waals surface area contributed by atoms with Gasteiger partial charge >= 0.3 is 6.09 Å². The number of amides is 1. The fraction of sp³-hybridized carbons (Fsp3) is 0.562. The van der Waals surface area contributed by atoms with Gasteiger partial charge in [0.05, 0.1) is 0 Å². The molecule has 1 aromatic carbocycles. The Kier molecular flexibility index (Phi) is 5.01. The monoisotopic (exact) mass is 276 g/mol. The summed E-state index contributed by atoms with van der Waals surface area (Å²) in [5, 5.41) is 2.78. The van der Waals surface area contributed by atoms with E-state index >= 15 is 0 Å². The first-order valence-electron chi connectivity index (χ1n) is 7.33. The van der Waals surface area contributed by atoms with Gasteiger partial charge in [-0.3, -0.25) is 5.32 Å². The quantitative estimate of drug-likeness (QED) is 0.887. The second-order valence-electron chi connectivity index (χ2n) is 5.97. The van der Waals surface area contributed by atoms with E-state index in [9.17, 15) is 4.79 Å². The van der Waals surface area contributed by atoms with Crippen molar-refractivity contribution in [2.75, 3.05) is 5.32 Å². The molecule has 2 unspecified atom stereocenters. The highest BCUT2D eigenvalue weighted by atomic mass is 16.6. The minimum atomic E-state index is -0.370. The molecule has 1 amide bonds. The van der Waals surface area contributed by atoms with Crippen LogP contribution in [0.1, 0.15) is 38.7 Å². The lowest BCUT2D eigenvalue weighted by molar-refractivity contribution is 0.0553. The molecule has 110 valence electrons. The van der Waals surface area contributed by atoms with E-state index in [0.29, 0.717) is 18.4 Å². The number of rotatable bonds is 3. The summed E-state index contributed by atoms with van der Waals surface area (Å²) >= 11 is 0. The fourth-order valence-electron chi connectivity index (χ4n) is 3.04. The van der Waals surface area contributed by atoms with Crippen LogP contribution < -0.4 is 11.1 Å². The van der Waals surface area contributed by atoms with Crippen LogP contribution in [-0.2, 0) is 11.3 Å². The lowest BCUT2D eigenvalue weighted by Gasteiger charge is -2.30. The summed E-state index contributed by atoms with van der Waals surface area (Å²) < 4.78 is 5.53. The van der Waals surface area contributed by atoms with Crippen LogP contribution in [0.15, 0.2) is 24.3 Å². The second kappa shape index (κ2) is 6.75.